The molecule has 0 bridgehead atoms. The molecule has 1 saturated heterocycles. The third-order valence-corrected chi connectivity index (χ3v) is 5.11. The highest BCUT2D eigenvalue weighted by molar-refractivity contribution is 5.81. The number of nitrogens with zero attached hydrogens (tertiary/aromatic N) is 2. The number of likely N-dealkylation sites (tertiary alicyclic amines) is 1. The molecule has 2 aromatic carbocycles. The first-order chi connectivity index (χ1) is 13.7. The molecule has 1 aliphatic heterocycles. The van der Waals surface area contributed by atoms with Crippen molar-refractivity contribution >= 4 is 16.6 Å². The predicted molar refractivity (Wildman–Crippen MR) is 112 cm³/mol. The van der Waals surface area contributed by atoms with Gasteiger partial charge >= 0.3 is 0 Å². The first-order valence-corrected chi connectivity index (χ1v) is 9.97. The minimum Gasteiger partial charge on any atom is -0.491 e. The van der Waals surface area contributed by atoms with E-state index in [0.717, 1.165) is 42.0 Å². The molecule has 0 unspecified atom stereocenters. The van der Waals surface area contributed by atoms with Crippen LogP contribution in [0.15, 0.2) is 48.7 Å². The number of aromatic nitrogens is 2. The average Bonchev–Trinajstić information content (AvgIpc) is 3.15. The van der Waals surface area contributed by atoms with E-state index in [-0.39, 0.29) is 0 Å². The molecule has 3 aromatic rings. The lowest BCUT2D eigenvalue weighted by Gasteiger charge is -2.33. The van der Waals surface area contributed by atoms with Crippen LogP contribution in [0.3, 0.4) is 0 Å². The van der Waals surface area contributed by atoms with Crippen LogP contribution in [-0.4, -0.2) is 52.0 Å². The van der Waals surface area contributed by atoms with Crippen LogP contribution in [0.25, 0.3) is 10.9 Å². The Kier molecular flexibility index (Phi) is 5.78. The number of nitrogens with one attached hydrogen (secondary N) is 2. The summed E-state index contributed by atoms with van der Waals surface area (Å²) < 4.78 is 5.64. The van der Waals surface area contributed by atoms with Crippen molar-refractivity contribution in [3.63, 3.8) is 0 Å². The lowest BCUT2D eigenvalue weighted by molar-refractivity contribution is 0.122. The number of anilines is 1. The van der Waals surface area contributed by atoms with Crippen LogP contribution in [0.4, 0.5) is 5.69 Å². The number of ether oxygens (including phenoxy) is 1. The number of benzene rings is 2. The molecule has 2 atom stereocenters. The van der Waals surface area contributed by atoms with Gasteiger partial charge in [0.1, 0.15) is 12.4 Å². The Morgan fingerprint density at radius 3 is 3.14 bits per heavy atom. The zero-order chi connectivity index (χ0) is 19.3. The number of piperidine rings is 1. The summed E-state index contributed by atoms with van der Waals surface area (Å²) in [6.45, 7) is 5.08. The molecule has 0 aliphatic carbocycles. The fourth-order valence-corrected chi connectivity index (χ4v) is 3.79. The number of fused-ring (bicyclic) bond motifs is 1. The Morgan fingerprint density at radius 2 is 2.25 bits per heavy atom. The number of aromatic amines is 1. The molecule has 28 heavy (non-hydrogen) atoms. The van der Waals surface area contributed by atoms with Crippen LogP contribution in [0.2, 0.25) is 0 Å². The van der Waals surface area contributed by atoms with Crippen LogP contribution >= 0.6 is 0 Å². The lowest BCUT2D eigenvalue weighted by Crippen LogP contribution is -2.41. The van der Waals surface area contributed by atoms with Crippen LogP contribution in [-0.2, 0) is 6.54 Å². The minimum atomic E-state index is -0.459. The summed E-state index contributed by atoms with van der Waals surface area (Å²) in [5.74, 6) is 0.818. The Labute approximate surface area is 165 Å². The van der Waals surface area contributed by atoms with Gasteiger partial charge in [0.15, 0.2) is 0 Å². The van der Waals surface area contributed by atoms with Gasteiger partial charge in [0.25, 0.3) is 0 Å². The first kappa shape index (κ1) is 18.8. The zero-order valence-electron chi connectivity index (χ0n) is 16.3. The van der Waals surface area contributed by atoms with Gasteiger partial charge in [-0.1, -0.05) is 12.1 Å². The Bertz CT molecular complexity index is 908. The quantitative estimate of drug-likeness (QED) is 0.586. The van der Waals surface area contributed by atoms with Crippen LogP contribution in [0.1, 0.15) is 25.3 Å². The van der Waals surface area contributed by atoms with Crippen molar-refractivity contribution in [2.24, 2.45) is 0 Å². The summed E-state index contributed by atoms with van der Waals surface area (Å²) in [5.41, 5.74) is 3.45. The SMILES string of the molecule is C[C@@H](O)COc1cccc(CN2CCC[C@@H](Nc3ccc4[nH]ncc4c3)C2)c1. The minimum absolute atomic E-state index is 0.320. The number of rotatable bonds is 7. The molecule has 148 valence electrons. The maximum atomic E-state index is 9.40. The fourth-order valence-electron chi connectivity index (χ4n) is 3.79. The van der Waals surface area contributed by atoms with Crippen LogP contribution in [0, 0.1) is 0 Å². The summed E-state index contributed by atoms with van der Waals surface area (Å²) in [5, 5.41) is 21.3. The van der Waals surface area contributed by atoms with Gasteiger partial charge in [-0.3, -0.25) is 10.00 Å². The van der Waals surface area contributed by atoms with E-state index < -0.39 is 6.10 Å². The van der Waals surface area contributed by atoms with Crippen molar-refractivity contribution in [2.45, 2.75) is 38.5 Å². The maximum Gasteiger partial charge on any atom is 0.119 e. The predicted octanol–water partition coefficient (Wildman–Crippen LogP) is 3.40. The highest BCUT2D eigenvalue weighted by Crippen LogP contribution is 2.22. The Hall–Kier alpha value is -2.57. The van der Waals surface area contributed by atoms with E-state index in [0.29, 0.717) is 12.6 Å². The summed E-state index contributed by atoms with van der Waals surface area (Å²) in [7, 11) is 0. The summed E-state index contributed by atoms with van der Waals surface area (Å²) in [6.07, 6.45) is 3.76. The summed E-state index contributed by atoms with van der Waals surface area (Å²) in [6, 6.07) is 15.0. The second-order valence-electron chi connectivity index (χ2n) is 7.70. The van der Waals surface area contributed by atoms with E-state index in [4.69, 9.17) is 4.74 Å². The summed E-state index contributed by atoms with van der Waals surface area (Å²) >= 11 is 0. The Morgan fingerprint density at radius 1 is 1.32 bits per heavy atom. The zero-order valence-corrected chi connectivity index (χ0v) is 16.3. The van der Waals surface area contributed by atoms with E-state index >= 15 is 0 Å². The molecule has 4 rings (SSSR count). The molecular weight excluding hydrogens is 352 g/mol. The highest BCUT2D eigenvalue weighted by Gasteiger charge is 2.20. The van der Waals surface area contributed by atoms with Gasteiger partial charge in [-0.2, -0.15) is 5.10 Å². The number of hydrogen-bond acceptors (Lipinski definition) is 5. The molecule has 0 saturated carbocycles. The third-order valence-electron chi connectivity index (χ3n) is 5.11. The first-order valence-electron chi connectivity index (χ1n) is 9.97. The number of H-pyrrole nitrogens is 1. The maximum absolute atomic E-state index is 9.40. The van der Waals surface area contributed by atoms with Crippen molar-refractivity contribution in [1.29, 1.82) is 0 Å². The van der Waals surface area contributed by atoms with Gasteiger partial charge < -0.3 is 15.2 Å². The fraction of sp³-hybridized carbons (Fsp3) is 0.409. The largest absolute Gasteiger partial charge is 0.491 e. The van der Waals surface area contributed by atoms with Gasteiger partial charge in [-0.15, -0.1) is 0 Å². The monoisotopic (exact) mass is 380 g/mol. The van der Waals surface area contributed by atoms with E-state index in [1.807, 2.05) is 18.3 Å². The smallest absolute Gasteiger partial charge is 0.119 e. The number of aliphatic hydroxyl groups is 1. The van der Waals surface area contributed by atoms with Gasteiger partial charge in [0.2, 0.25) is 0 Å². The van der Waals surface area contributed by atoms with Gasteiger partial charge in [0.05, 0.1) is 17.8 Å². The Balaban J connectivity index is 1.35. The topological polar surface area (TPSA) is 73.4 Å². The highest BCUT2D eigenvalue weighted by atomic mass is 16.5. The molecule has 1 fully saturated rings. The van der Waals surface area contributed by atoms with E-state index in [1.54, 1.807) is 6.92 Å². The van der Waals surface area contributed by atoms with Crippen LogP contribution < -0.4 is 10.1 Å². The number of aliphatic hydroxyl groups excluding tert-OH is 1. The molecule has 0 amide bonds. The standard InChI is InChI=1S/C22H28N4O2/c1-16(27)15-28-21-6-2-4-17(10-21)13-26-9-3-5-20(14-26)24-19-7-8-22-18(11-19)12-23-25-22/h2,4,6-8,10-12,16,20,24,27H,3,5,9,13-15H2,1H3,(H,23,25)/t16-,20-/m1/s1. The van der Waals surface area contributed by atoms with E-state index in [1.165, 1.54) is 18.4 Å². The molecule has 1 aliphatic rings. The lowest BCUT2D eigenvalue weighted by atomic mass is 10.0. The molecule has 6 nitrogen and oxygen atoms in total. The van der Waals surface area contributed by atoms with Crippen molar-refractivity contribution in [2.75, 3.05) is 25.0 Å². The van der Waals surface area contributed by atoms with Crippen molar-refractivity contribution in [1.82, 2.24) is 15.1 Å². The summed E-state index contributed by atoms with van der Waals surface area (Å²) in [4.78, 5) is 2.49. The average molecular weight is 380 g/mol. The van der Waals surface area contributed by atoms with Gasteiger partial charge in [0, 0.05) is 30.2 Å². The van der Waals surface area contributed by atoms with Crippen molar-refractivity contribution < 1.29 is 9.84 Å². The van der Waals surface area contributed by atoms with Gasteiger partial charge in [-0.25, -0.2) is 0 Å². The van der Waals surface area contributed by atoms with E-state index in [9.17, 15) is 5.11 Å². The van der Waals surface area contributed by atoms with Crippen molar-refractivity contribution in [3.05, 3.63) is 54.2 Å². The molecule has 2 heterocycles. The third kappa shape index (κ3) is 4.82. The second kappa shape index (κ2) is 8.63. The number of hydrogen-bond donors (Lipinski definition) is 3. The molecule has 3 N–H and O–H groups in total. The van der Waals surface area contributed by atoms with Crippen molar-refractivity contribution in [3.8, 4) is 5.75 Å². The molecule has 0 spiro atoms. The van der Waals surface area contributed by atoms with Gasteiger partial charge in [-0.05, 0) is 62.2 Å². The second-order valence-corrected chi connectivity index (χ2v) is 7.70. The molecular formula is C22H28N4O2. The van der Waals surface area contributed by atoms with E-state index in [2.05, 4.69) is 50.7 Å². The molecule has 6 heteroatoms. The van der Waals surface area contributed by atoms with Crippen LogP contribution in [0.5, 0.6) is 5.75 Å². The molecule has 1 aromatic heterocycles. The molecule has 0 radical (unpaired) electrons. The normalized spacial score (nSPS) is 18.9.